The van der Waals surface area contributed by atoms with Gasteiger partial charge in [-0.2, -0.15) is 4.98 Å². The minimum absolute atomic E-state index is 0.0177. The third-order valence-corrected chi connectivity index (χ3v) is 4.49. The zero-order valence-corrected chi connectivity index (χ0v) is 15.6. The number of imidazole rings is 1. The van der Waals surface area contributed by atoms with Gasteiger partial charge in [-0.05, 0) is 13.8 Å². The maximum atomic E-state index is 14.0. The van der Waals surface area contributed by atoms with Crippen LogP contribution in [0.2, 0.25) is 0 Å². The van der Waals surface area contributed by atoms with Crippen LogP contribution < -0.4 is 11.3 Å². The summed E-state index contributed by atoms with van der Waals surface area (Å²) in [5, 5.41) is 19.3. The number of halogens is 1. The molecule has 2 aromatic heterocycles. The highest BCUT2D eigenvalue weighted by molar-refractivity contribution is 5.71. The lowest BCUT2D eigenvalue weighted by atomic mass is 10.1. The summed E-state index contributed by atoms with van der Waals surface area (Å²) in [7, 11) is 0. The molecule has 1 fully saturated rings. The highest BCUT2D eigenvalue weighted by Gasteiger charge is 2.45. The van der Waals surface area contributed by atoms with Gasteiger partial charge in [0.1, 0.15) is 12.2 Å². The predicted octanol–water partition coefficient (Wildman–Crippen LogP) is -0.837. The van der Waals surface area contributed by atoms with Crippen molar-refractivity contribution in [2.75, 3.05) is 25.6 Å². The van der Waals surface area contributed by atoms with E-state index in [1.165, 1.54) is 15.5 Å². The first-order valence-corrected chi connectivity index (χ1v) is 8.97. The normalized spacial score (nSPS) is 25.2. The predicted molar refractivity (Wildman–Crippen MR) is 95.1 cm³/mol. The maximum absolute atomic E-state index is 14.0. The van der Waals surface area contributed by atoms with Gasteiger partial charge in [0.05, 0.1) is 19.5 Å². The van der Waals surface area contributed by atoms with E-state index in [2.05, 4.69) is 9.97 Å². The highest BCUT2D eigenvalue weighted by atomic mass is 19.1. The van der Waals surface area contributed by atoms with E-state index < -0.39 is 43.1 Å². The SMILES string of the molecule is CCOC(Cn1c(N)nc2c(ncn2[C@@H]2O[C@H](CO)[C@@H](F)[C@H]2O)c1=O)OCC. The number of alkyl halides is 1. The number of aliphatic hydroxyl groups excluding tert-OH is 2. The molecule has 156 valence electrons. The van der Waals surface area contributed by atoms with E-state index >= 15 is 0 Å². The van der Waals surface area contributed by atoms with E-state index in [9.17, 15) is 14.3 Å². The standard InChI is InChI=1S/C16H24FN5O6/c1-3-26-9(27-4-2)5-21-14(25)11-13(20-16(21)18)22(7-19-11)15-12(24)10(17)8(6-23)28-15/h7-10,12,15,23-24H,3-6H2,1-2H3,(H2,18,20)/t8-,10-,12-,15-/m1/s1. The third-order valence-electron chi connectivity index (χ3n) is 4.49. The van der Waals surface area contributed by atoms with Gasteiger partial charge in [0, 0.05) is 13.2 Å². The van der Waals surface area contributed by atoms with Crippen molar-refractivity contribution in [2.24, 2.45) is 0 Å². The number of nitrogen functional groups attached to an aromatic ring is 1. The van der Waals surface area contributed by atoms with Gasteiger partial charge in [-0.1, -0.05) is 0 Å². The number of hydrogen-bond acceptors (Lipinski definition) is 9. The molecule has 0 amide bonds. The van der Waals surface area contributed by atoms with Crippen LogP contribution in [-0.4, -0.2) is 73.8 Å². The Morgan fingerprint density at radius 2 is 2.07 bits per heavy atom. The summed E-state index contributed by atoms with van der Waals surface area (Å²) in [5.41, 5.74) is 5.43. The Balaban J connectivity index is 1.97. The first-order chi connectivity index (χ1) is 13.4. The largest absolute Gasteiger partial charge is 0.394 e. The molecule has 0 radical (unpaired) electrons. The van der Waals surface area contributed by atoms with Crippen molar-refractivity contribution in [3.63, 3.8) is 0 Å². The number of nitrogens with zero attached hydrogens (tertiary/aromatic N) is 4. The Bertz CT molecular complexity index is 867. The molecular formula is C16H24FN5O6. The van der Waals surface area contributed by atoms with E-state index in [-0.39, 0.29) is 23.7 Å². The van der Waals surface area contributed by atoms with E-state index in [0.29, 0.717) is 13.2 Å². The Kier molecular flexibility index (Phi) is 6.25. The Morgan fingerprint density at radius 3 is 2.64 bits per heavy atom. The monoisotopic (exact) mass is 401 g/mol. The molecule has 0 bridgehead atoms. The molecule has 4 N–H and O–H groups in total. The van der Waals surface area contributed by atoms with Crippen LogP contribution in [0.1, 0.15) is 20.1 Å². The number of anilines is 1. The summed E-state index contributed by atoms with van der Waals surface area (Å²) < 4.78 is 32.6. The molecule has 0 saturated carbocycles. The summed E-state index contributed by atoms with van der Waals surface area (Å²) >= 11 is 0. The average molecular weight is 401 g/mol. The fraction of sp³-hybridized carbons (Fsp3) is 0.688. The first kappa shape index (κ1) is 20.6. The van der Waals surface area contributed by atoms with Crippen LogP contribution >= 0.6 is 0 Å². The molecule has 0 aromatic carbocycles. The second-order valence-corrected chi connectivity index (χ2v) is 6.23. The second kappa shape index (κ2) is 8.49. The number of ether oxygens (including phenoxy) is 3. The lowest BCUT2D eigenvalue weighted by molar-refractivity contribution is -0.143. The first-order valence-electron chi connectivity index (χ1n) is 8.97. The summed E-state index contributed by atoms with van der Waals surface area (Å²) in [4.78, 5) is 21.0. The number of aliphatic hydroxyl groups is 2. The molecule has 2 aromatic rings. The van der Waals surface area contributed by atoms with Gasteiger partial charge in [0.2, 0.25) is 5.95 Å². The fourth-order valence-corrected chi connectivity index (χ4v) is 3.14. The fourth-order valence-electron chi connectivity index (χ4n) is 3.14. The summed E-state index contributed by atoms with van der Waals surface area (Å²) in [6, 6.07) is 0. The molecule has 12 heteroatoms. The molecule has 3 heterocycles. The van der Waals surface area contributed by atoms with Gasteiger partial charge >= 0.3 is 0 Å². The second-order valence-electron chi connectivity index (χ2n) is 6.23. The smallest absolute Gasteiger partial charge is 0.283 e. The van der Waals surface area contributed by atoms with E-state index in [4.69, 9.17) is 25.1 Å². The summed E-state index contributed by atoms with van der Waals surface area (Å²) in [6.07, 6.45) is -5.20. The van der Waals surface area contributed by atoms with E-state index in [0.717, 1.165) is 0 Å². The molecule has 28 heavy (non-hydrogen) atoms. The molecule has 1 aliphatic heterocycles. The van der Waals surface area contributed by atoms with Crippen LogP contribution in [0, 0.1) is 0 Å². The molecule has 1 saturated heterocycles. The van der Waals surface area contributed by atoms with Crippen molar-refractivity contribution >= 4 is 17.1 Å². The molecule has 11 nitrogen and oxygen atoms in total. The van der Waals surface area contributed by atoms with Crippen LogP contribution in [0.4, 0.5) is 10.3 Å². The number of aromatic nitrogens is 4. The van der Waals surface area contributed by atoms with E-state index in [1.54, 1.807) is 13.8 Å². The summed E-state index contributed by atoms with van der Waals surface area (Å²) in [6.45, 7) is 3.79. The van der Waals surface area contributed by atoms with Crippen molar-refractivity contribution in [3.8, 4) is 0 Å². The molecule has 0 spiro atoms. The Labute approximate surface area is 159 Å². The van der Waals surface area contributed by atoms with Crippen LogP contribution in [-0.2, 0) is 20.8 Å². The van der Waals surface area contributed by atoms with Gasteiger partial charge in [-0.25, -0.2) is 9.37 Å². The van der Waals surface area contributed by atoms with Gasteiger partial charge in [-0.3, -0.25) is 13.9 Å². The highest BCUT2D eigenvalue weighted by Crippen LogP contribution is 2.32. The zero-order chi connectivity index (χ0) is 20.4. The number of nitrogens with two attached hydrogens (primary N) is 1. The minimum Gasteiger partial charge on any atom is -0.394 e. The van der Waals surface area contributed by atoms with Crippen LogP contribution in [0.5, 0.6) is 0 Å². The molecular weight excluding hydrogens is 377 g/mol. The van der Waals surface area contributed by atoms with Crippen molar-refractivity contribution in [2.45, 2.75) is 51.3 Å². The molecule has 4 atom stereocenters. The average Bonchev–Trinajstić information content (AvgIpc) is 3.20. The molecule has 1 aliphatic rings. The third kappa shape index (κ3) is 3.61. The molecule has 0 unspecified atom stereocenters. The van der Waals surface area contributed by atoms with Crippen LogP contribution in [0.15, 0.2) is 11.1 Å². The Morgan fingerprint density at radius 1 is 1.39 bits per heavy atom. The summed E-state index contributed by atoms with van der Waals surface area (Å²) in [5.74, 6) is -0.119. The van der Waals surface area contributed by atoms with Crippen molar-refractivity contribution in [3.05, 3.63) is 16.7 Å². The van der Waals surface area contributed by atoms with Crippen molar-refractivity contribution in [1.29, 1.82) is 0 Å². The van der Waals surface area contributed by atoms with Crippen molar-refractivity contribution < 1.29 is 28.8 Å². The topological polar surface area (TPSA) is 147 Å². The molecule has 0 aliphatic carbocycles. The van der Waals surface area contributed by atoms with Gasteiger partial charge in [-0.15, -0.1) is 0 Å². The lowest BCUT2D eigenvalue weighted by Crippen LogP contribution is -2.33. The van der Waals surface area contributed by atoms with Crippen molar-refractivity contribution in [1.82, 2.24) is 19.1 Å². The van der Waals surface area contributed by atoms with Gasteiger partial charge < -0.3 is 30.2 Å². The lowest BCUT2D eigenvalue weighted by Gasteiger charge is -2.19. The number of hydrogen-bond donors (Lipinski definition) is 3. The van der Waals surface area contributed by atoms with Crippen LogP contribution in [0.25, 0.3) is 11.2 Å². The maximum Gasteiger partial charge on any atom is 0.283 e. The zero-order valence-electron chi connectivity index (χ0n) is 15.6. The van der Waals surface area contributed by atoms with Crippen LogP contribution in [0.3, 0.4) is 0 Å². The number of fused-ring (bicyclic) bond motifs is 1. The Hall–Kier alpha value is -2.12. The number of rotatable bonds is 8. The minimum atomic E-state index is -1.79. The van der Waals surface area contributed by atoms with Gasteiger partial charge in [0.25, 0.3) is 5.56 Å². The quantitative estimate of drug-likeness (QED) is 0.482. The van der Waals surface area contributed by atoms with E-state index in [1.807, 2.05) is 0 Å². The van der Waals surface area contributed by atoms with Gasteiger partial charge in [0.15, 0.2) is 29.9 Å². The molecule has 3 rings (SSSR count).